The van der Waals surface area contributed by atoms with Crippen LogP contribution in [0.3, 0.4) is 0 Å². The summed E-state index contributed by atoms with van der Waals surface area (Å²) in [4.78, 5) is 40.6. The molecule has 1 atom stereocenters. The number of nitrogens with one attached hydrogen (secondary N) is 1. The minimum Gasteiger partial charge on any atom is -0.319 e. The Labute approximate surface area is 174 Å². The van der Waals surface area contributed by atoms with Crippen molar-refractivity contribution < 1.29 is 9.59 Å². The Morgan fingerprint density at radius 2 is 1.90 bits per heavy atom. The molecule has 30 heavy (non-hydrogen) atoms. The van der Waals surface area contributed by atoms with Crippen molar-refractivity contribution in [1.29, 1.82) is 0 Å². The van der Waals surface area contributed by atoms with Crippen LogP contribution in [0.2, 0.25) is 0 Å². The number of fused-ring (bicyclic) bond motifs is 3. The monoisotopic (exact) mass is 422 g/mol. The normalized spacial score (nSPS) is 19.2. The zero-order valence-electron chi connectivity index (χ0n) is 16.3. The number of aryl methyl sites for hydroxylation is 1. The fourth-order valence-electron chi connectivity index (χ4n) is 3.91. The number of hydrogen-bond donors (Lipinski definition) is 1. The van der Waals surface area contributed by atoms with E-state index in [-0.39, 0.29) is 18.0 Å². The summed E-state index contributed by atoms with van der Waals surface area (Å²) in [7, 11) is 0. The molecule has 1 unspecified atom stereocenters. The molecular formula is C20H18N6O3S. The lowest BCUT2D eigenvalue weighted by molar-refractivity contribution is -0.131. The van der Waals surface area contributed by atoms with Crippen LogP contribution in [0.4, 0.5) is 4.79 Å². The first-order valence-electron chi connectivity index (χ1n) is 9.49. The van der Waals surface area contributed by atoms with Crippen LogP contribution in [-0.2, 0) is 23.4 Å². The molecule has 0 radical (unpaired) electrons. The van der Waals surface area contributed by atoms with Gasteiger partial charge in [-0.05, 0) is 37.4 Å². The van der Waals surface area contributed by atoms with Crippen molar-refractivity contribution in [1.82, 2.24) is 29.4 Å². The summed E-state index contributed by atoms with van der Waals surface area (Å²) in [5.74, 6) is 0.437. The maximum atomic E-state index is 13.2. The number of imide groups is 1. The maximum Gasteiger partial charge on any atom is 0.325 e. The molecule has 0 spiro atoms. The van der Waals surface area contributed by atoms with Crippen molar-refractivity contribution >= 4 is 40.0 Å². The summed E-state index contributed by atoms with van der Waals surface area (Å²) in [5.41, 5.74) is -0.630. The molecule has 1 fully saturated rings. The average molecular weight is 422 g/mol. The molecule has 5 rings (SSSR count). The van der Waals surface area contributed by atoms with Crippen LogP contribution in [-0.4, -0.2) is 36.0 Å². The highest BCUT2D eigenvalue weighted by atomic mass is 32.1. The molecule has 3 amide bonds. The van der Waals surface area contributed by atoms with E-state index in [1.165, 1.54) is 15.9 Å². The second-order valence-electron chi connectivity index (χ2n) is 7.24. The van der Waals surface area contributed by atoms with E-state index < -0.39 is 11.6 Å². The molecule has 1 aliphatic rings. The molecule has 4 heterocycles. The Hall–Kier alpha value is -3.53. The highest BCUT2D eigenvalue weighted by Crippen LogP contribution is 2.32. The summed E-state index contributed by atoms with van der Waals surface area (Å²) >= 11 is 1.41. The second kappa shape index (κ2) is 6.49. The number of carbonyl (C=O) groups is 2. The first kappa shape index (κ1) is 18.5. The zero-order chi connectivity index (χ0) is 21.0. The summed E-state index contributed by atoms with van der Waals surface area (Å²) < 4.78 is 3.27. The molecule has 1 aromatic carbocycles. The lowest BCUT2D eigenvalue weighted by Crippen LogP contribution is -2.40. The molecule has 10 heteroatoms. The minimum atomic E-state index is -1.11. The van der Waals surface area contributed by atoms with Crippen LogP contribution in [0.15, 0.2) is 46.6 Å². The topological polar surface area (TPSA) is 102 Å². The number of aromatic nitrogens is 4. The van der Waals surface area contributed by atoms with Gasteiger partial charge >= 0.3 is 6.03 Å². The van der Waals surface area contributed by atoms with Crippen molar-refractivity contribution in [3.8, 4) is 0 Å². The van der Waals surface area contributed by atoms with Gasteiger partial charge in [-0.25, -0.2) is 4.79 Å². The number of amides is 3. The van der Waals surface area contributed by atoms with Crippen LogP contribution in [0.5, 0.6) is 0 Å². The smallest absolute Gasteiger partial charge is 0.319 e. The van der Waals surface area contributed by atoms with Gasteiger partial charge in [0.15, 0.2) is 11.4 Å². The van der Waals surface area contributed by atoms with Crippen molar-refractivity contribution in [2.45, 2.75) is 32.5 Å². The van der Waals surface area contributed by atoms with Crippen LogP contribution < -0.4 is 10.9 Å². The SMILES string of the molecule is CCn1c(=O)c2ccccc2n2c(CN3C(=O)NC(C)(c4cccs4)C3=O)nnc12. The number of carbonyl (C=O) groups excluding carboxylic acids is 2. The standard InChI is InChI=1S/C20H18N6O3S/c1-3-24-16(27)12-7-4-5-8-13(12)26-15(22-23-18(24)26)11-25-17(28)20(2,21-19(25)29)14-9-6-10-30-14/h4-10H,3,11H2,1-2H3,(H,21,29). The fraction of sp³-hybridized carbons (Fsp3) is 0.250. The number of thiophene rings is 1. The molecule has 0 bridgehead atoms. The van der Waals surface area contributed by atoms with Gasteiger partial charge in [-0.15, -0.1) is 21.5 Å². The third kappa shape index (κ3) is 2.43. The molecule has 1 aliphatic heterocycles. The quantitative estimate of drug-likeness (QED) is 0.508. The zero-order valence-corrected chi connectivity index (χ0v) is 17.1. The Kier molecular flexibility index (Phi) is 4.00. The van der Waals surface area contributed by atoms with E-state index >= 15 is 0 Å². The average Bonchev–Trinajstić information content (AvgIpc) is 3.46. The molecule has 0 aliphatic carbocycles. The van der Waals surface area contributed by atoms with E-state index in [0.717, 1.165) is 9.78 Å². The Balaban J connectivity index is 1.63. The highest BCUT2D eigenvalue weighted by Gasteiger charge is 2.50. The van der Waals surface area contributed by atoms with Crippen LogP contribution >= 0.6 is 11.3 Å². The number of nitrogens with zero attached hydrogens (tertiary/aromatic N) is 5. The number of urea groups is 1. The second-order valence-corrected chi connectivity index (χ2v) is 8.19. The minimum absolute atomic E-state index is 0.0568. The Bertz CT molecular complexity index is 1370. The van der Waals surface area contributed by atoms with E-state index in [0.29, 0.717) is 29.0 Å². The Morgan fingerprint density at radius 3 is 2.63 bits per heavy atom. The summed E-state index contributed by atoms with van der Waals surface area (Å²) in [6.45, 7) is 3.92. The molecule has 9 nitrogen and oxygen atoms in total. The summed E-state index contributed by atoms with van der Waals surface area (Å²) in [6.07, 6.45) is 0. The first-order chi connectivity index (χ1) is 14.5. The maximum absolute atomic E-state index is 13.2. The van der Waals surface area contributed by atoms with E-state index in [4.69, 9.17) is 0 Å². The van der Waals surface area contributed by atoms with E-state index in [9.17, 15) is 14.4 Å². The summed E-state index contributed by atoms with van der Waals surface area (Å²) in [5, 5.41) is 13.6. The predicted octanol–water partition coefficient (Wildman–Crippen LogP) is 2.09. The highest BCUT2D eigenvalue weighted by molar-refractivity contribution is 7.10. The lowest BCUT2D eigenvalue weighted by atomic mass is 10.0. The van der Waals surface area contributed by atoms with Crippen molar-refractivity contribution in [2.75, 3.05) is 0 Å². The van der Waals surface area contributed by atoms with Gasteiger partial charge in [0.1, 0.15) is 0 Å². The molecule has 0 saturated carbocycles. The Morgan fingerprint density at radius 1 is 1.10 bits per heavy atom. The third-order valence-electron chi connectivity index (χ3n) is 5.48. The summed E-state index contributed by atoms with van der Waals surface area (Å²) in [6, 6.07) is 10.3. The van der Waals surface area contributed by atoms with E-state index in [1.807, 2.05) is 30.5 Å². The fourth-order valence-corrected chi connectivity index (χ4v) is 4.75. The van der Waals surface area contributed by atoms with Gasteiger partial charge in [0.05, 0.1) is 17.4 Å². The molecule has 1 saturated heterocycles. The third-order valence-corrected chi connectivity index (χ3v) is 6.57. The number of hydrogen-bond acceptors (Lipinski definition) is 6. The van der Waals surface area contributed by atoms with Crippen molar-refractivity contribution in [3.05, 3.63) is 62.8 Å². The molecule has 152 valence electrons. The number of rotatable bonds is 4. The molecular weight excluding hydrogens is 404 g/mol. The van der Waals surface area contributed by atoms with Gasteiger partial charge in [-0.1, -0.05) is 18.2 Å². The van der Waals surface area contributed by atoms with Gasteiger partial charge in [0.25, 0.3) is 11.5 Å². The molecule has 1 N–H and O–H groups in total. The lowest BCUT2D eigenvalue weighted by Gasteiger charge is -2.20. The van der Waals surface area contributed by atoms with E-state index in [1.54, 1.807) is 29.5 Å². The molecule has 4 aromatic rings. The van der Waals surface area contributed by atoms with Crippen molar-refractivity contribution in [3.63, 3.8) is 0 Å². The van der Waals surface area contributed by atoms with Gasteiger partial charge < -0.3 is 5.32 Å². The number of para-hydroxylation sites is 1. The van der Waals surface area contributed by atoms with Crippen LogP contribution in [0, 0.1) is 0 Å². The van der Waals surface area contributed by atoms with Gasteiger partial charge in [0, 0.05) is 11.4 Å². The van der Waals surface area contributed by atoms with E-state index in [2.05, 4.69) is 15.5 Å². The predicted molar refractivity (Wildman–Crippen MR) is 111 cm³/mol. The number of benzene rings is 1. The van der Waals surface area contributed by atoms with Gasteiger partial charge in [0.2, 0.25) is 5.78 Å². The largest absolute Gasteiger partial charge is 0.325 e. The van der Waals surface area contributed by atoms with Crippen molar-refractivity contribution in [2.24, 2.45) is 0 Å². The molecule has 3 aromatic heterocycles. The van der Waals surface area contributed by atoms with Gasteiger partial charge in [-0.3, -0.25) is 23.5 Å². The van der Waals surface area contributed by atoms with Gasteiger partial charge in [-0.2, -0.15) is 0 Å². The van der Waals surface area contributed by atoms with Crippen LogP contribution in [0.25, 0.3) is 16.7 Å². The first-order valence-corrected chi connectivity index (χ1v) is 10.4. The van der Waals surface area contributed by atoms with Crippen LogP contribution in [0.1, 0.15) is 24.5 Å².